The van der Waals surface area contributed by atoms with E-state index in [-0.39, 0.29) is 19.4 Å². The van der Waals surface area contributed by atoms with Crippen LogP contribution in [-0.2, 0) is 9.84 Å². The number of piperidine rings is 1. The minimum atomic E-state index is -4.26. The average molecular weight is 408 g/mol. The highest BCUT2D eigenvalue weighted by molar-refractivity contribution is 7.93. The Morgan fingerprint density at radius 1 is 1.37 bits per heavy atom. The predicted octanol–water partition coefficient (Wildman–Crippen LogP) is 3.79. The van der Waals surface area contributed by atoms with Gasteiger partial charge in [0.05, 0.1) is 12.0 Å². The molecular weight excluding hydrogens is 381 g/mol. The number of carbonyl (C=O) groups excluding carboxylic acids is 1. The summed E-state index contributed by atoms with van der Waals surface area (Å²) in [6.45, 7) is 1.65. The molecule has 1 aliphatic carbocycles. The third kappa shape index (κ3) is 6.55. The largest absolute Gasteiger partial charge is 0.391 e. The number of alkyl halides is 3. The molecule has 2 amide bonds. The summed E-state index contributed by atoms with van der Waals surface area (Å²) < 4.78 is 62.1. The minimum absolute atomic E-state index is 0.0283. The summed E-state index contributed by atoms with van der Waals surface area (Å²) in [4.78, 5) is 14.1. The fourth-order valence-corrected chi connectivity index (χ4v) is 4.13. The molecule has 1 aliphatic heterocycles. The molecule has 0 saturated carbocycles. The van der Waals surface area contributed by atoms with Crippen LogP contribution in [0.2, 0.25) is 0 Å². The van der Waals surface area contributed by atoms with Crippen LogP contribution in [0.25, 0.3) is 0 Å². The Morgan fingerprint density at radius 2 is 2.07 bits per heavy atom. The highest BCUT2D eigenvalue weighted by Crippen LogP contribution is 2.40. The van der Waals surface area contributed by atoms with Crippen LogP contribution >= 0.6 is 0 Å². The summed E-state index contributed by atoms with van der Waals surface area (Å²) in [5.74, 6) is -1.41. The fourth-order valence-electron chi connectivity index (χ4n) is 3.61. The number of hydrogen-bond acceptors (Lipinski definition) is 3. The molecule has 5 nitrogen and oxygen atoms in total. The number of carbonyl (C=O) groups is 1. The van der Waals surface area contributed by atoms with Gasteiger partial charge in [0.2, 0.25) is 0 Å². The van der Waals surface area contributed by atoms with Gasteiger partial charge in [0, 0.05) is 24.3 Å². The van der Waals surface area contributed by atoms with Gasteiger partial charge in [-0.15, -0.1) is 0 Å². The second kappa shape index (κ2) is 8.67. The molecule has 0 radical (unpaired) electrons. The molecule has 0 aromatic heterocycles. The lowest BCUT2D eigenvalue weighted by Crippen LogP contribution is -2.54. The Kier molecular flexibility index (Phi) is 6.99. The van der Waals surface area contributed by atoms with E-state index in [1.165, 1.54) is 11.0 Å². The number of halogens is 3. The number of urea groups is 1. The summed E-state index contributed by atoms with van der Waals surface area (Å²) in [6, 6.07) is -1.57. The number of amides is 2. The summed E-state index contributed by atoms with van der Waals surface area (Å²) >= 11 is 0. The summed E-state index contributed by atoms with van der Waals surface area (Å²) in [6.07, 6.45) is 3.34. The van der Waals surface area contributed by atoms with Crippen molar-refractivity contribution in [2.45, 2.75) is 63.7 Å². The molecule has 1 unspecified atom stereocenters. The molecule has 27 heavy (non-hydrogen) atoms. The van der Waals surface area contributed by atoms with Crippen molar-refractivity contribution in [3.63, 3.8) is 0 Å². The number of nitrogens with zero attached hydrogens (tertiary/aromatic N) is 1. The Hall–Kier alpha value is -1.51. The molecule has 1 saturated heterocycles. The normalized spacial score (nSPS) is 26.0. The van der Waals surface area contributed by atoms with E-state index >= 15 is 0 Å². The summed E-state index contributed by atoms with van der Waals surface area (Å²) in [5, 5.41) is 3.68. The Labute approximate surface area is 158 Å². The van der Waals surface area contributed by atoms with Gasteiger partial charge in [-0.05, 0) is 45.4 Å². The second-order valence-electron chi connectivity index (χ2n) is 7.39. The molecule has 2 aliphatic rings. The maximum atomic E-state index is 13.2. The van der Waals surface area contributed by atoms with E-state index in [0.717, 1.165) is 36.5 Å². The summed E-state index contributed by atoms with van der Waals surface area (Å²) in [7, 11) is -3.31. The standard InChI is InChI=1S/C18H27F3N2O3S/c1-13(9-11-27(2,25)26)22-17(24)23-10-8-15(18(19,20)21)12-16(23)14-6-4-3-5-7-14/h6,9,11,13,15-16H,3-5,7-8,10,12H2,1-2H3,(H,22,24)/b11-9+/t13?,15-,16+/m0/s1. The zero-order valence-corrected chi connectivity index (χ0v) is 16.4. The molecule has 9 heteroatoms. The fraction of sp³-hybridized carbons (Fsp3) is 0.722. The van der Waals surface area contributed by atoms with Gasteiger partial charge in [-0.25, -0.2) is 13.2 Å². The van der Waals surface area contributed by atoms with Crippen molar-refractivity contribution in [3.8, 4) is 0 Å². The second-order valence-corrected chi connectivity index (χ2v) is 9.32. The van der Waals surface area contributed by atoms with Crippen molar-refractivity contribution < 1.29 is 26.4 Å². The van der Waals surface area contributed by atoms with E-state index in [2.05, 4.69) is 5.32 Å². The van der Waals surface area contributed by atoms with E-state index < -0.39 is 40.0 Å². The van der Waals surface area contributed by atoms with Crippen LogP contribution in [0.3, 0.4) is 0 Å². The van der Waals surface area contributed by atoms with Crippen LogP contribution in [0, 0.1) is 5.92 Å². The van der Waals surface area contributed by atoms with Crippen molar-refractivity contribution in [2.24, 2.45) is 5.92 Å². The van der Waals surface area contributed by atoms with Crippen LogP contribution < -0.4 is 5.32 Å². The number of likely N-dealkylation sites (tertiary alicyclic amines) is 1. The molecule has 1 fully saturated rings. The van der Waals surface area contributed by atoms with Crippen LogP contribution in [0.4, 0.5) is 18.0 Å². The number of nitrogens with one attached hydrogen (secondary N) is 1. The van der Waals surface area contributed by atoms with Gasteiger partial charge < -0.3 is 10.2 Å². The maximum absolute atomic E-state index is 13.2. The van der Waals surface area contributed by atoms with Gasteiger partial charge in [-0.3, -0.25) is 0 Å². The number of allylic oxidation sites excluding steroid dienone is 1. The van der Waals surface area contributed by atoms with E-state index in [0.29, 0.717) is 6.42 Å². The molecule has 0 spiro atoms. The molecule has 2 rings (SSSR count). The third-order valence-corrected chi connectivity index (χ3v) is 5.70. The van der Waals surface area contributed by atoms with Gasteiger partial charge in [-0.1, -0.05) is 17.7 Å². The monoisotopic (exact) mass is 408 g/mol. The lowest BCUT2D eigenvalue weighted by atomic mass is 9.83. The van der Waals surface area contributed by atoms with Crippen LogP contribution in [0.15, 0.2) is 23.1 Å². The van der Waals surface area contributed by atoms with Crippen molar-refractivity contribution >= 4 is 15.9 Å². The minimum Gasteiger partial charge on any atom is -0.332 e. The van der Waals surface area contributed by atoms with Crippen LogP contribution in [-0.4, -0.2) is 50.4 Å². The first-order valence-electron chi connectivity index (χ1n) is 9.18. The van der Waals surface area contributed by atoms with E-state index in [9.17, 15) is 26.4 Å². The van der Waals surface area contributed by atoms with Gasteiger partial charge in [-0.2, -0.15) is 13.2 Å². The third-order valence-electron chi connectivity index (χ3n) is 5.05. The highest BCUT2D eigenvalue weighted by atomic mass is 32.2. The number of rotatable bonds is 4. The smallest absolute Gasteiger partial charge is 0.332 e. The van der Waals surface area contributed by atoms with Gasteiger partial charge in [0.15, 0.2) is 9.84 Å². The van der Waals surface area contributed by atoms with Crippen molar-refractivity contribution in [1.29, 1.82) is 0 Å². The predicted molar refractivity (Wildman–Crippen MR) is 97.8 cm³/mol. The topological polar surface area (TPSA) is 66.5 Å². The van der Waals surface area contributed by atoms with Gasteiger partial charge >= 0.3 is 12.2 Å². The zero-order valence-electron chi connectivity index (χ0n) is 15.6. The average Bonchev–Trinajstić information content (AvgIpc) is 2.59. The van der Waals surface area contributed by atoms with Crippen molar-refractivity contribution in [3.05, 3.63) is 23.1 Å². The number of hydrogen-bond donors (Lipinski definition) is 1. The lowest BCUT2D eigenvalue weighted by Gasteiger charge is -2.42. The van der Waals surface area contributed by atoms with Gasteiger partial charge in [0.1, 0.15) is 0 Å². The molecule has 1 heterocycles. The molecule has 3 atom stereocenters. The molecule has 1 N–H and O–H groups in total. The Morgan fingerprint density at radius 3 is 2.63 bits per heavy atom. The van der Waals surface area contributed by atoms with Crippen molar-refractivity contribution in [1.82, 2.24) is 10.2 Å². The quantitative estimate of drug-likeness (QED) is 0.720. The van der Waals surface area contributed by atoms with Crippen LogP contribution in [0.5, 0.6) is 0 Å². The molecule has 0 bridgehead atoms. The first kappa shape index (κ1) is 21.8. The molecule has 154 valence electrons. The molecule has 0 aromatic carbocycles. The van der Waals surface area contributed by atoms with E-state index in [4.69, 9.17) is 0 Å². The number of sulfone groups is 1. The SMILES string of the molecule is CC(/C=C/S(C)(=O)=O)NC(=O)N1CC[C@H](C(F)(F)F)C[C@@H]1C1=CCCCC1. The van der Waals surface area contributed by atoms with E-state index in [1.54, 1.807) is 6.92 Å². The van der Waals surface area contributed by atoms with Crippen molar-refractivity contribution in [2.75, 3.05) is 12.8 Å². The van der Waals surface area contributed by atoms with Gasteiger partial charge in [0.25, 0.3) is 0 Å². The maximum Gasteiger partial charge on any atom is 0.391 e. The Balaban J connectivity index is 2.13. The lowest BCUT2D eigenvalue weighted by molar-refractivity contribution is -0.186. The van der Waals surface area contributed by atoms with Crippen LogP contribution in [0.1, 0.15) is 45.4 Å². The molecule has 0 aromatic rings. The first-order chi connectivity index (χ1) is 12.5. The Bertz CT molecular complexity index is 701. The summed E-state index contributed by atoms with van der Waals surface area (Å²) in [5.41, 5.74) is 0.907. The molecular formula is C18H27F3N2O3S. The van der Waals surface area contributed by atoms with E-state index in [1.807, 2.05) is 6.08 Å². The highest BCUT2D eigenvalue weighted by Gasteiger charge is 2.46. The first-order valence-corrected chi connectivity index (χ1v) is 11.1. The zero-order chi connectivity index (χ0) is 20.2.